The van der Waals surface area contributed by atoms with Gasteiger partial charge in [-0.1, -0.05) is 12.2 Å². The fourth-order valence-corrected chi connectivity index (χ4v) is 1.38. The molecule has 9 nitrogen and oxygen atoms in total. The van der Waals surface area contributed by atoms with Crippen molar-refractivity contribution in [3.63, 3.8) is 0 Å². The predicted molar refractivity (Wildman–Crippen MR) is 61.1 cm³/mol. The summed E-state index contributed by atoms with van der Waals surface area (Å²) >= 11 is 0. The highest BCUT2D eigenvalue weighted by Gasteiger charge is 2.36. The average molecular weight is 253 g/mol. The molecule has 94 valence electrons. The summed E-state index contributed by atoms with van der Waals surface area (Å²) in [7, 11) is 0. The Balaban J connectivity index is 3.70. The minimum Gasteiger partial charge on any atom is -0.258 e. The first-order chi connectivity index (χ1) is 8.38. The first-order valence-corrected chi connectivity index (χ1v) is 4.62. The van der Waals surface area contributed by atoms with Crippen molar-refractivity contribution in [3.8, 4) is 0 Å². The SMILES string of the molecule is CC=Cc1cc([N+](=O)[O-])c([N+](=O)[O-])c([N+](=O)[O-])c1. The molecule has 0 aliphatic rings. The highest BCUT2D eigenvalue weighted by molar-refractivity contribution is 5.71. The summed E-state index contributed by atoms with van der Waals surface area (Å²) in [6.07, 6.45) is 2.89. The maximum Gasteiger partial charge on any atom is 0.422 e. The Morgan fingerprint density at radius 2 is 1.39 bits per heavy atom. The smallest absolute Gasteiger partial charge is 0.258 e. The van der Waals surface area contributed by atoms with Crippen molar-refractivity contribution in [2.75, 3.05) is 0 Å². The van der Waals surface area contributed by atoms with Crippen LogP contribution in [0.4, 0.5) is 17.1 Å². The zero-order valence-electron chi connectivity index (χ0n) is 9.10. The van der Waals surface area contributed by atoms with Crippen LogP contribution in [-0.4, -0.2) is 14.8 Å². The van der Waals surface area contributed by atoms with Crippen molar-refractivity contribution in [2.45, 2.75) is 6.92 Å². The first kappa shape index (κ1) is 13.2. The van der Waals surface area contributed by atoms with Crippen molar-refractivity contribution in [1.82, 2.24) is 0 Å². The van der Waals surface area contributed by atoms with Crippen molar-refractivity contribution in [2.24, 2.45) is 0 Å². The number of hydrogen-bond acceptors (Lipinski definition) is 6. The van der Waals surface area contributed by atoms with Crippen LogP contribution in [0.2, 0.25) is 0 Å². The van der Waals surface area contributed by atoms with Gasteiger partial charge in [0.2, 0.25) is 0 Å². The zero-order valence-corrected chi connectivity index (χ0v) is 9.10. The highest BCUT2D eigenvalue weighted by Crippen LogP contribution is 2.37. The number of hydrogen-bond donors (Lipinski definition) is 0. The lowest BCUT2D eigenvalue weighted by atomic mass is 10.1. The van der Waals surface area contributed by atoms with E-state index >= 15 is 0 Å². The third kappa shape index (κ3) is 2.45. The average Bonchev–Trinajstić information content (AvgIpc) is 2.27. The Bertz CT molecular complexity index is 530. The third-order valence-corrected chi connectivity index (χ3v) is 2.03. The molecular weight excluding hydrogens is 246 g/mol. The van der Waals surface area contributed by atoms with Gasteiger partial charge < -0.3 is 0 Å². The van der Waals surface area contributed by atoms with Gasteiger partial charge in [-0.25, -0.2) is 0 Å². The van der Waals surface area contributed by atoms with Crippen LogP contribution in [0.3, 0.4) is 0 Å². The molecule has 0 bridgehead atoms. The van der Waals surface area contributed by atoms with E-state index < -0.39 is 31.8 Å². The summed E-state index contributed by atoms with van der Waals surface area (Å²) in [6, 6.07) is 1.84. The first-order valence-electron chi connectivity index (χ1n) is 4.62. The molecule has 0 N–H and O–H groups in total. The lowest BCUT2D eigenvalue weighted by molar-refractivity contribution is -0.441. The summed E-state index contributed by atoms with van der Waals surface area (Å²) in [6.45, 7) is 1.61. The largest absolute Gasteiger partial charge is 0.422 e. The second-order valence-corrected chi connectivity index (χ2v) is 3.18. The van der Waals surface area contributed by atoms with Crippen molar-refractivity contribution in [1.29, 1.82) is 0 Å². The highest BCUT2D eigenvalue weighted by atomic mass is 16.6. The van der Waals surface area contributed by atoms with Gasteiger partial charge >= 0.3 is 17.1 Å². The number of nitro groups is 3. The molecule has 9 heteroatoms. The lowest BCUT2D eigenvalue weighted by Gasteiger charge is -1.99. The summed E-state index contributed by atoms with van der Waals surface area (Å²) in [5.41, 5.74) is -2.76. The van der Waals surface area contributed by atoms with Crippen molar-refractivity contribution < 1.29 is 14.8 Å². The molecule has 0 aliphatic heterocycles. The summed E-state index contributed by atoms with van der Waals surface area (Å²) in [4.78, 5) is 29.0. The predicted octanol–water partition coefficient (Wildman–Crippen LogP) is 2.44. The van der Waals surface area contributed by atoms with Crippen LogP contribution in [0.5, 0.6) is 0 Å². The number of benzene rings is 1. The zero-order chi connectivity index (χ0) is 13.9. The molecule has 0 aromatic heterocycles. The van der Waals surface area contributed by atoms with Crippen LogP contribution in [-0.2, 0) is 0 Å². The molecule has 1 rings (SSSR count). The monoisotopic (exact) mass is 253 g/mol. The van der Waals surface area contributed by atoms with E-state index in [-0.39, 0.29) is 5.56 Å². The van der Waals surface area contributed by atoms with Crippen LogP contribution in [0.15, 0.2) is 18.2 Å². The molecule has 18 heavy (non-hydrogen) atoms. The van der Waals surface area contributed by atoms with Gasteiger partial charge in [0.1, 0.15) is 0 Å². The van der Waals surface area contributed by atoms with Gasteiger partial charge in [-0.05, 0) is 12.5 Å². The second-order valence-electron chi connectivity index (χ2n) is 3.18. The van der Waals surface area contributed by atoms with E-state index in [1.54, 1.807) is 6.92 Å². The standard InChI is InChI=1S/C9H7N3O6/c1-2-3-6-4-7(10(13)14)9(12(17)18)8(5-6)11(15)16/h2-5H,1H3. The molecule has 0 radical (unpaired) electrons. The lowest BCUT2D eigenvalue weighted by Crippen LogP contribution is -2.02. The number of rotatable bonds is 4. The van der Waals surface area contributed by atoms with E-state index in [2.05, 4.69) is 0 Å². The van der Waals surface area contributed by atoms with Crippen LogP contribution in [0.25, 0.3) is 6.08 Å². The van der Waals surface area contributed by atoms with Crippen LogP contribution < -0.4 is 0 Å². The van der Waals surface area contributed by atoms with E-state index in [1.807, 2.05) is 0 Å². The molecule has 1 aromatic carbocycles. The van der Waals surface area contributed by atoms with Gasteiger partial charge in [0.15, 0.2) is 0 Å². The summed E-state index contributed by atoms with van der Waals surface area (Å²) in [5.74, 6) is 0. The minimum absolute atomic E-state index is 0.154. The van der Waals surface area contributed by atoms with E-state index in [0.29, 0.717) is 0 Å². The third-order valence-electron chi connectivity index (χ3n) is 2.03. The van der Waals surface area contributed by atoms with Gasteiger partial charge in [0, 0.05) is 12.1 Å². The molecule has 0 amide bonds. The Morgan fingerprint density at radius 3 is 1.67 bits per heavy atom. The number of nitrogens with zero attached hydrogens (tertiary/aromatic N) is 3. The molecule has 0 saturated heterocycles. The van der Waals surface area contributed by atoms with Gasteiger partial charge in [-0.2, -0.15) is 0 Å². The molecule has 0 spiro atoms. The van der Waals surface area contributed by atoms with Crippen molar-refractivity contribution in [3.05, 3.63) is 54.1 Å². The molecule has 0 fully saturated rings. The molecule has 0 atom stereocenters. The maximum absolute atomic E-state index is 10.7. The maximum atomic E-state index is 10.7. The molecule has 0 saturated carbocycles. The Labute approximate surface area is 99.8 Å². The molecule has 1 aromatic rings. The topological polar surface area (TPSA) is 129 Å². The molecular formula is C9H7N3O6. The normalized spacial score (nSPS) is 10.5. The van der Waals surface area contributed by atoms with Gasteiger partial charge in [-0.15, -0.1) is 0 Å². The Hall–Kier alpha value is -2.84. The fraction of sp³-hybridized carbons (Fsp3) is 0.111. The summed E-state index contributed by atoms with van der Waals surface area (Å²) < 4.78 is 0. The van der Waals surface area contributed by atoms with E-state index in [0.717, 1.165) is 12.1 Å². The van der Waals surface area contributed by atoms with E-state index in [9.17, 15) is 30.3 Å². The van der Waals surface area contributed by atoms with E-state index in [1.165, 1.54) is 12.2 Å². The Kier molecular flexibility index (Phi) is 3.67. The van der Waals surface area contributed by atoms with Gasteiger partial charge in [0.05, 0.1) is 14.8 Å². The van der Waals surface area contributed by atoms with Gasteiger partial charge in [0.25, 0.3) is 0 Å². The minimum atomic E-state index is -1.13. The van der Waals surface area contributed by atoms with Crippen LogP contribution >= 0.6 is 0 Å². The fourth-order valence-electron chi connectivity index (χ4n) is 1.38. The molecule has 0 unspecified atom stereocenters. The Morgan fingerprint density at radius 1 is 0.944 bits per heavy atom. The quantitative estimate of drug-likeness (QED) is 0.598. The van der Waals surface area contributed by atoms with Crippen molar-refractivity contribution >= 4 is 23.1 Å². The molecule has 0 aliphatic carbocycles. The molecule has 0 heterocycles. The van der Waals surface area contributed by atoms with Gasteiger partial charge in [-0.3, -0.25) is 30.3 Å². The van der Waals surface area contributed by atoms with Crippen LogP contribution in [0, 0.1) is 30.3 Å². The number of allylic oxidation sites excluding steroid dienone is 1. The number of nitro benzene ring substituents is 3. The van der Waals surface area contributed by atoms with E-state index in [4.69, 9.17) is 0 Å². The summed E-state index contributed by atoms with van der Waals surface area (Å²) in [5, 5.41) is 32.1. The second kappa shape index (κ2) is 4.99. The van der Waals surface area contributed by atoms with Crippen LogP contribution in [0.1, 0.15) is 12.5 Å².